The minimum atomic E-state index is -0.140. The van der Waals surface area contributed by atoms with Crippen LogP contribution in [0.25, 0.3) is 0 Å². The molecule has 0 saturated heterocycles. The second-order valence-electron chi connectivity index (χ2n) is 7.72. The molecule has 1 aromatic carbocycles. The van der Waals surface area contributed by atoms with E-state index < -0.39 is 0 Å². The molecule has 24 heavy (non-hydrogen) atoms. The molecule has 0 atom stereocenters. The van der Waals surface area contributed by atoms with Crippen molar-refractivity contribution in [2.75, 3.05) is 0 Å². The lowest BCUT2D eigenvalue weighted by atomic mass is 9.77. The summed E-state index contributed by atoms with van der Waals surface area (Å²) in [5, 5.41) is 0.492. The molecule has 0 bridgehead atoms. The van der Waals surface area contributed by atoms with Gasteiger partial charge in [-0.05, 0) is 42.4 Å². The maximum Gasteiger partial charge on any atom is 0.127 e. The van der Waals surface area contributed by atoms with Crippen molar-refractivity contribution in [3.8, 4) is 0 Å². The summed E-state index contributed by atoms with van der Waals surface area (Å²) in [6, 6.07) is 5.09. The van der Waals surface area contributed by atoms with Crippen molar-refractivity contribution in [3.63, 3.8) is 0 Å². The standard InChI is InChI=1S/C22H34ClF/c1-2-3-4-5-6-7-8-18-9-11-19(12-10-18)13-14-20-15-16-21(23)17-22(20)24/h15-19H,2-14H2,1H3. The molecule has 0 spiro atoms. The molecule has 1 aromatic rings. The second-order valence-corrected chi connectivity index (χ2v) is 8.15. The van der Waals surface area contributed by atoms with Crippen LogP contribution < -0.4 is 0 Å². The number of halogens is 2. The van der Waals surface area contributed by atoms with Crippen LogP contribution in [-0.2, 0) is 6.42 Å². The molecular weight excluding hydrogens is 319 g/mol. The number of aryl methyl sites for hydroxylation is 1. The van der Waals surface area contributed by atoms with Crippen LogP contribution in [0.15, 0.2) is 18.2 Å². The van der Waals surface area contributed by atoms with Gasteiger partial charge in [-0.3, -0.25) is 0 Å². The molecule has 1 fully saturated rings. The molecular formula is C22H34ClF. The van der Waals surface area contributed by atoms with Crippen LogP contribution >= 0.6 is 11.6 Å². The summed E-state index contributed by atoms with van der Waals surface area (Å²) < 4.78 is 13.8. The van der Waals surface area contributed by atoms with Crippen LogP contribution in [0.5, 0.6) is 0 Å². The predicted molar refractivity (Wildman–Crippen MR) is 103 cm³/mol. The van der Waals surface area contributed by atoms with Gasteiger partial charge in [0.05, 0.1) is 0 Å². The van der Waals surface area contributed by atoms with Gasteiger partial charge in [0, 0.05) is 5.02 Å². The molecule has 0 unspecified atom stereocenters. The third-order valence-corrected chi connectivity index (χ3v) is 6.00. The molecule has 136 valence electrons. The first-order valence-electron chi connectivity index (χ1n) is 10.1. The van der Waals surface area contributed by atoms with E-state index in [2.05, 4.69) is 6.92 Å². The van der Waals surface area contributed by atoms with E-state index in [1.807, 2.05) is 6.07 Å². The lowest BCUT2D eigenvalue weighted by molar-refractivity contribution is 0.248. The van der Waals surface area contributed by atoms with Gasteiger partial charge in [0.25, 0.3) is 0 Å². The Kier molecular flexibility index (Phi) is 9.17. The van der Waals surface area contributed by atoms with Gasteiger partial charge in [-0.2, -0.15) is 0 Å². The van der Waals surface area contributed by atoms with Crippen molar-refractivity contribution >= 4 is 11.6 Å². The van der Waals surface area contributed by atoms with Gasteiger partial charge >= 0.3 is 0 Å². The Morgan fingerprint density at radius 3 is 2.21 bits per heavy atom. The zero-order chi connectivity index (χ0) is 17.2. The Hall–Kier alpha value is -0.560. The first-order chi connectivity index (χ1) is 11.7. The molecule has 0 aromatic heterocycles. The lowest BCUT2D eigenvalue weighted by Gasteiger charge is -2.28. The molecule has 1 saturated carbocycles. The first kappa shape index (κ1) is 19.8. The highest BCUT2D eigenvalue weighted by Crippen LogP contribution is 2.34. The van der Waals surface area contributed by atoms with Crippen molar-refractivity contribution in [2.45, 2.75) is 90.4 Å². The summed E-state index contributed by atoms with van der Waals surface area (Å²) in [6.07, 6.45) is 17.3. The average Bonchev–Trinajstić information content (AvgIpc) is 2.58. The van der Waals surface area contributed by atoms with Gasteiger partial charge in [-0.1, -0.05) is 95.2 Å². The Morgan fingerprint density at radius 1 is 0.917 bits per heavy atom. The summed E-state index contributed by atoms with van der Waals surface area (Å²) in [5.74, 6) is 1.61. The van der Waals surface area contributed by atoms with E-state index in [1.165, 1.54) is 76.7 Å². The number of benzene rings is 1. The van der Waals surface area contributed by atoms with Crippen LogP contribution in [0, 0.1) is 17.7 Å². The van der Waals surface area contributed by atoms with E-state index in [1.54, 1.807) is 6.07 Å². The van der Waals surface area contributed by atoms with E-state index in [0.717, 1.165) is 30.2 Å². The van der Waals surface area contributed by atoms with E-state index in [9.17, 15) is 4.39 Å². The minimum Gasteiger partial charge on any atom is -0.207 e. The van der Waals surface area contributed by atoms with Crippen molar-refractivity contribution in [2.24, 2.45) is 11.8 Å². The molecule has 2 rings (SSSR count). The van der Waals surface area contributed by atoms with Crippen molar-refractivity contribution < 1.29 is 4.39 Å². The van der Waals surface area contributed by atoms with Crippen LogP contribution in [0.2, 0.25) is 5.02 Å². The van der Waals surface area contributed by atoms with E-state index in [4.69, 9.17) is 11.6 Å². The fraction of sp³-hybridized carbons (Fsp3) is 0.727. The lowest BCUT2D eigenvalue weighted by Crippen LogP contribution is -2.15. The Labute approximate surface area is 153 Å². The summed E-state index contributed by atoms with van der Waals surface area (Å²) in [6.45, 7) is 2.28. The minimum absolute atomic E-state index is 0.140. The monoisotopic (exact) mass is 352 g/mol. The van der Waals surface area contributed by atoms with Crippen LogP contribution in [0.3, 0.4) is 0 Å². The van der Waals surface area contributed by atoms with Gasteiger partial charge < -0.3 is 0 Å². The SMILES string of the molecule is CCCCCCCCC1CCC(CCc2ccc(Cl)cc2F)CC1. The Balaban J connectivity index is 1.57. The highest BCUT2D eigenvalue weighted by Gasteiger charge is 2.21. The van der Waals surface area contributed by atoms with Gasteiger partial charge in [-0.15, -0.1) is 0 Å². The third-order valence-electron chi connectivity index (χ3n) is 5.77. The quantitative estimate of drug-likeness (QED) is 0.374. The average molecular weight is 353 g/mol. The van der Waals surface area contributed by atoms with Gasteiger partial charge in [0.1, 0.15) is 5.82 Å². The number of rotatable bonds is 10. The number of unbranched alkanes of at least 4 members (excludes halogenated alkanes) is 5. The highest BCUT2D eigenvalue weighted by molar-refractivity contribution is 6.30. The van der Waals surface area contributed by atoms with E-state index in [0.29, 0.717) is 5.02 Å². The van der Waals surface area contributed by atoms with Gasteiger partial charge in [-0.25, -0.2) is 4.39 Å². The fourth-order valence-corrected chi connectivity index (χ4v) is 4.27. The largest absolute Gasteiger partial charge is 0.207 e. The smallest absolute Gasteiger partial charge is 0.127 e. The van der Waals surface area contributed by atoms with Crippen molar-refractivity contribution in [1.82, 2.24) is 0 Å². The highest BCUT2D eigenvalue weighted by atomic mass is 35.5. The van der Waals surface area contributed by atoms with Gasteiger partial charge in [0.15, 0.2) is 0 Å². The molecule has 0 nitrogen and oxygen atoms in total. The van der Waals surface area contributed by atoms with Crippen molar-refractivity contribution in [1.29, 1.82) is 0 Å². The summed E-state index contributed by atoms with van der Waals surface area (Å²) in [5.41, 5.74) is 0.827. The number of hydrogen-bond acceptors (Lipinski definition) is 0. The first-order valence-corrected chi connectivity index (χ1v) is 10.5. The molecule has 1 aliphatic rings. The molecule has 0 heterocycles. The van der Waals surface area contributed by atoms with Gasteiger partial charge in [0.2, 0.25) is 0 Å². The van der Waals surface area contributed by atoms with E-state index in [-0.39, 0.29) is 5.82 Å². The third kappa shape index (κ3) is 7.13. The normalized spacial score (nSPS) is 21.1. The van der Waals surface area contributed by atoms with Crippen LogP contribution in [0.4, 0.5) is 4.39 Å². The fourth-order valence-electron chi connectivity index (χ4n) is 4.11. The summed E-state index contributed by atoms with van der Waals surface area (Å²) >= 11 is 5.82. The van der Waals surface area contributed by atoms with E-state index >= 15 is 0 Å². The number of hydrogen-bond donors (Lipinski definition) is 0. The summed E-state index contributed by atoms with van der Waals surface area (Å²) in [7, 11) is 0. The Morgan fingerprint density at radius 2 is 1.54 bits per heavy atom. The molecule has 0 radical (unpaired) electrons. The summed E-state index contributed by atoms with van der Waals surface area (Å²) in [4.78, 5) is 0. The topological polar surface area (TPSA) is 0 Å². The molecule has 1 aliphatic carbocycles. The predicted octanol–water partition coefficient (Wildman–Crippen LogP) is 7.97. The molecule has 0 amide bonds. The second kappa shape index (κ2) is 11.1. The zero-order valence-corrected chi connectivity index (χ0v) is 16.1. The van der Waals surface area contributed by atoms with Crippen molar-refractivity contribution in [3.05, 3.63) is 34.6 Å². The van der Waals surface area contributed by atoms with Crippen LogP contribution in [0.1, 0.15) is 89.5 Å². The Bertz CT molecular complexity index is 463. The maximum absolute atomic E-state index is 13.8. The zero-order valence-electron chi connectivity index (χ0n) is 15.3. The van der Waals surface area contributed by atoms with Crippen LogP contribution in [-0.4, -0.2) is 0 Å². The molecule has 0 aliphatic heterocycles. The maximum atomic E-state index is 13.8. The molecule has 0 N–H and O–H groups in total. The molecule has 2 heteroatoms.